The molecule has 1 aromatic heterocycles. The second kappa shape index (κ2) is 4.42. The number of anilines is 1. The van der Waals surface area contributed by atoms with E-state index in [1.54, 1.807) is 22.8 Å². The van der Waals surface area contributed by atoms with Crippen molar-refractivity contribution in [2.75, 3.05) is 12.8 Å². The monoisotopic (exact) mass is 235 g/mol. The van der Waals surface area contributed by atoms with Gasteiger partial charge in [-0.15, -0.1) is 0 Å². The summed E-state index contributed by atoms with van der Waals surface area (Å²) < 4.78 is 6.60. The molecule has 3 N–H and O–H groups in total. The van der Waals surface area contributed by atoms with Crippen LogP contribution < -0.4 is 5.73 Å². The topological polar surface area (TPSA) is 90.4 Å². The molecule has 6 heteroatoms. The number of para-hydroxylation sites is 1. The summed E-state index contributed by atoms with van der Waals surface area (Å²) in [4.78, 5) is 15.1. The van der Waals surface area contributed by atoms with E-state index in [1.807, 2.05) is 0 Å². The highest BCUT2D eigenvalue weighted by molar-refractivity contribution is 5.88. The lowest BCUT2D eigenvalue weighted by Crippen LogP contribution is -2.12. The number of carboxylic acid groups (broad SMARTS) is 1. The summed E-state index contributed by atoms with van der Waals surface area (Å²) in [7, 11) is 1.54. The van der Waals surface area contributed by atoms with Crippen LogP contribution in [-0.2, 0) is 22.7 Å². The quantitative estimate of drug-likeness (QED) is 0.767. The van der Waals surface area contributed by atoms with E-state index in [0.717, 1.165) is 0 Å². The van der Waals surface area contributed by atoms with E-state index in [-0.39, 0.29) is 13.2 Å². The number of aliphatic carboxylic acids is 1. The molecule has 6 nitrogen and oxygen atoms in total. The van der Waals surface area contributed by atoms with E-state index in [4.69, 9.17) is 15.6 Å². The number of fused-ring (bicyclic) bond motifs is 1. The molecule has 0 atom stereocenters. The molecule has 1 heterocycles. The lowest BCUT2D eigenvalue weighted by molar-refractivity contribution is -0.137. The van der Waals surface area contributed by atoms with Crippen molar-refractivity contribution in [3.8, 4) is 0 Å². The lowest BCUT2D eigenvalue weighted by atomic mass is 10.3. The van der Waals surface area contributed by atoms with Gasteiger partial charge in [-0.05, 0) is 12.1 Å². The number of ether oxygens (including phenoxy) is 1. The highest BCUT2D eigenvalue weighted by atomic mass is 16.5. The molecule has 0 unspecified atom stereocenters. The third-order valence-corrected chi connectivity index (χ3v) is 2.46. The van der Waals surface area contributed by atoms with Crippen molar-refractivity contribution in [3.63, 3.8) is 0 Å². The van der Waals surface area contributed by atoms with Crippen LogP contribution in [0.3, 0.4) is 0 Å². The third-order valence-electron chi connectivity index (χ3n) is 2.46. The average molecular weight is 235 g/mol. The summed E-state index contributed by atoms with van der Waals surface area (Å²) in [5, 5.41) is 8.89. The van der Waals surface area contributed by atoms with Crippen molar-refractivity contribution in [3.05, 3.63) is 24.0 Å². The Morgan fingerprint density at radius 1 is 1.59 bits per heavy atom. The summed E-state index contributed by atoms with van der Waals surface area (Å²) in [6.07, 6.45) is 0. The Balaban J connectivity index is 2.62. The minimum Gasteiger partial charge on any atom is -0.480 e. The van der Waals surface area contributed by atoms with Gasteiger partial charge in [0.2, 0.25) is 0 Å². The lowest BCUT2D eigenvalue weighted by Gasteiger charge is -2.05. The summed E-state index contributed by atoms with van der Waals surface area (Å²) in [6.45, 7) is 0.0973. The van der Waals surface area contributed by atoms with Gasteiger partial charge in [-0.1, -0.05) is 6.07 Å². The van der Waals surface area contributed by atoms with Crippen LogP contribution in [0.5, 0.6) is 0 Å². The van der Waals surface area contributed by atoms with Crippen LogP contribution in [0.4, 0.5) is 5.69 Å². The molecule has 0 aliphatic carbocycles. The number of nitrogens with two attached hydrogens (primary N) is 1. The molecule has 0 amide bonds. The van der Waals surface area contributed by atoms with E-state index in [1.165, 1.54) is 7.11 Å². The number of hydrogen-bond acceptors (Lipinski definition) is 4. The van der Waals surface area contributed by atoms with Gasteiger partial charge >= 0.3 is 5.97 Å². The maximum atomic E-state index is 10.8. The second-order valence-corrected chi connectivity index (χ2v) is 3.66. The fraction of sp³-hybridized carbons (Fsp3) is 0.273. The first-order valence-electron chi connectivity index (χ1n) is 5.08. The predicted octanol–water partition coefficient (Wildman–Crippen LogP) is 0.849. The molecular formula is C11H13N3O3. The fourth-order valence-electron chi connectivity index (χ4n) is 1.77. The summed E-state index contributed by atoms with van der Waals surface area (Å²) in [5.74, 6) is -0.369. The highest BCUT2D eigenvalue weighted by Crippen LogP contribution is 2.22. The Kier molecular flexibility index (Phi) is 2.97. The Hall–Kier alpha value is -2.08. The number of nitrogens with zero attached hydrogens (tertiary/aromatic N) is 2. The summed E-state index contributed by atoms with van der Waals surface area (Å²) in [6, 6.07) is 5.30. The number of carbonyl (C=O) groups is 1. The van der Waals surface area contributed by atoms with Crippen LogP contribution in [0.25, 0.3) is 11.0 Å². The minimum absolute atomic E-state index is 0.154. The van der Waals surface area contributed by atoms with Gasteiger partial charge in [-0.25, -0.2) is 4.98 Å². The Morgan fingerprint density at radius 3 is 3.00 bits per heavy atom. The molecule has 1 aromatic carbocycles. The van der Waals surface area contributed by atoms with Gasteiger partial charge in [0, 0.05) is 7.11 Å². The van der Waals surface area contributed by atoms with E-state index in [0.29, 0.717) is 22.5 Å². The number of nitrogen functional groups attached to an aromatic ring is 1. The minimum atomic E-state index is -0.927. The predicted molar refractivity (Wildman–Crippen MR) is 62.5 cm³/mol. The van der Waals surface area contributed by atoms with Crippen LogP contribution in [0.1, 0.15) is 5.82 Å². The van der Waals surface area contributed by atoms with Crippen molar-refractivity contribution < 1.29 is 14.6 Å². The van der Waals surface area contributed by atoms with E-state index < -0.39 is 5.97 Å². The normalized spacial score (nSPS) is 10.9. The van der Waals surface area contributed by atoms with Gasteiger partial charge in [0.15, 0.2) is 0 Å². The Morgan fingerprint density at radius 2 is 2.35 bits per heavy atom. The zero-order valence-electron chi connectivity index (χ0n) is 9.38. The van der Waals surface area contributed by atoms with Crippen molar-refractivity contribution in [1.29, 1.82) is 0 Å². The molecule has 0 bridgehead atoms. The molecule has 0 spiro atoms. The number of aromatic nitrogens is 2. The summed E-state index contributed by atoms with van der Waals surface area (Å²) >= 11 is 0. The molecule has 17 heavy (non-hydrogen) atoms. The molecule has 0 radical (unpaired) electrons. The van der Waals surface area contributed by atoms with Crippen molar-refractivity contribution in [2.24, 2.45) is 0 Å². The van der Waals surface area contributed by atoms with Gasteiger partial charge in [-0.2, -0.15) is 0 Å². The Labute approximate surface area is 97.6 Å². The second-order valence-electron chi connectivity index (χ2n) is 3.66. The number of benzene rings is 1. The average Bonchev–Trinajstić information content (AvgIpc) is 2.59. The fourth-order valence-corrected chi connectivity index (χ4v) is 1.77. The number of methoxy groups -OCH3 is 1. The zero-order valence-corrected chi connectivity index (χ0v) is 9.38. The van der Waals surface area contributed by atoms with Crippen LogP contribution in [0.15, 0.2) is 18.2 Å². The molecule has 0 fully saturated rings. The van der Waals surface area contributed by atoms with Gasteiger partial charge in [0.25, 0.3) is 0 Å². The smallest absolute Gasteiger partial charge is 0.323 e. The standard InChI is InChI=1S/C11H13N3O3/c1-17-6-9-13-11-7(12)3-2-4-8(11)14(9)5-10(15)16/h2-4H,5-6,12H2,1H3,(H,15,16). The first-order chi connectivity index (χ1) is 8.13. The largest absolute Gasteiger partial charge is 0.480 e. The van der Waals surface area contributed by atoms with Crippen LogP contribution in [0.2, 0.25) is 0 Å². The number of imidazole rings is 1. The molecular weight excluding hydrogens is 222 g/mol. The van der Waals surface area contributed by atoms with Crippen molar-refractivity contribution in [2.45, 2.75) is 13.2 Å². The molecule has 2 rings (SSSR count). The first kappa shape index (κ1) is 11.4. The van der Waals surface area contributed by atoms with Crippen molar-refractivity contribution >= 4 is 22.7 Å². The van der Waals surface area contributed by atoms with Gasteiger partial charge in [0.05, 0.1) is 11.2 Å². The van der Waals surface area contributed by atoms with Gasteiger partial charge in [-0.3, -0.25) is 4.79 Å². The maximum absolute atomic E-state index is 10.8. The SMILES string of the molecule is COCc1nc2c(N)cccc2n1CC(=O)O. The highest BCUT2D eigenvalue weighted by Gasteiger charge is 2.14. The number of rotatable bonds is 4. The summed E-state index contributed by atoms with van der Waals surface area (Å²) in [5.41, 5.74) is 7.65. The Bertz CT molecular complexity index is 562. The zero-order chi connectivity index (χ0) is 12.4. The number of carboxylic acids is 1. The molecule has 0 saturated heterocycles. The van der Waals surface area contributed by atoms with E-state index in [9.17, 15) is 4.79 Å². The van der Waals surface area contributed by atoms with Crippen LogP contribution in [-0.4, -0.2) is 27.7 Å². The first-order valence-corrected chi connectivity index (χ1v) is 5.08. The van der Waals surface area contributed by atoms with Crippen LogP contribution >= 0.6 is 0 Å². The molecule has 2 aromatic rings. The van der Waals surface area contributed by atoms with E-state index >= 15 is 0 Å². The maximum Gasteiger partial charge on any atom is 0.323 e. The number of hydrogen-bond donors (Lipinski definition) is 2. The molecule has 0 saturated carbocycles. The van der Waals surface area contributed by atoms with Gasteiger partial charge < -0.3 is 20.1 Å². The van der Waals surface area contributed by atoms with Crippen LogP contribution in [0, 0.1) is 0 Å². The molecule has 0 aliphatic rings. The van der Waals surface area contributed by atoms with Crippen molar-refractivity contribution in [1.82, 2.24) is 9.55 Å². The molecule has 0 aliphatic heterocycles. The van der Waals surface area contributed by atoms with Gasteiger partial charge in [0.1, 0.15) is 24.5 Å². The molecule has 90 valence electrons. The third kappa shape index (κ3) is 2.07. The van der Waals surface area contributed by atoms with E-state index in [2.05, 4.69) is 4.98 Å².